The highest BCUT2D eigenvalue weighted by atomic mass is 35.5. The molecule has 2 saturated heterocycles. The molecule has 1 aromatic rings. The maximum absolute atomic E-state index is 13.6. The molecular formula is C25H35ClN4O10S2. The maximum atomic E-state index is 13.6. The smallest absolute Gasteiger partial charge is 0.349 e. The van der Waals surface area contributed by atoms with Gasteiger partial charge in [0, 0.05) is 13.0 Å². The molecule has 14 nitrogen and oxygen atoms in total. The number of amides is 3. The molecule has 0 aromatic carbocycles. The van der Waals surface area contributed by atoms with E-state index in [-0.39, 0.29) is 35.7 Å². The van der Waals surface area contributed by atoms with Crippen molar-refractivity contribution in [1.82, 2.24) is 20.1 Å². The van der Waals surface area contributed by atoms with E-state index in [9.17, 15) is 37.5 Å². The van der Waals surface area contributed by atoms with Gasteiger partial charge in [0.05, 0.1) is 23.7 Å². The van der Waals surface area contributed by atoms with E-state index >= 15 is 0 Å². The van der Waals surface area contributed by atoms with Crippen LogP contribution >= 0.6 is 22.9 Å². The van der Waals surface area contributed by atoms with E-state index < -0.39 is 82.5 Å². The summed E-state index contributed by atoms with van der Waals surface area (Å²) < 4.78 is 36.5. The van der Waals surface area contributed by atoms with Crippen molar-refractivity contribution in [2.24, 2.45) is 0 Å². The number of ether oxygens (including phenoxy) is 2. The number of sulfonamides is 1. The van der Waals surface area contributed by atoms with Gasteiger partial charge in [-0.05, 0) is 51.5 Å². The fraction of sp³-hybridized carbons (Fsp3) is 0.640. The monoisotopic (exact) mass is 650 g/mol. The highest BCUT2D eigenvalue weighted by Crippen LogP contribution is 2.26. The molecule has 3 rings (SSSR count). The van der Waals surface area contributed by atoms with Gasteiger partial charge in [0.25, 0.3) is 5.91 Å². The zero-order valence-electron chi connectivity index (χ0n) is 23.6. The number of nitrogens with zero attached hydrogens (tertiary/aromatic N) is 2. The molecule has 0 bridgehead atoms. The summed E-state index contributed by atoms with van der Waals surface area (Å²) in [6.45, 7) is 4.45. The van der Waals surface area contributed by atoms with Crippen molar-refractivity contribution in [2.45, 2.75) is 82.7 Å². The van der Waals surface area contributed by atoms with E-state index in [0.717, 1.165) is 27.6 Å². The normalized spacial score (nSPS) is 21.2. The van der Waals surface area contributed by atoms with Crippen LogP contribution in [0.15, 0.2) is 11.4 Å². The third-order valence-electron chi connectivity index (χ3n) is 6.31. The van der Waals surface area contributed by atoms with Gasteiger partial charge in [-0.25, -0.2) is 22.9 Å². The van der Waals surface area contributed by atoms with E-state index in [0.29, 0.717) is 6.42 Å². The second kappa shape index (κ2) is 13.7. The van der Waals surface area contributed by atoms with E-state index in [2.05, 4.69) is 10.0 Å². The fourth-order valence-electron chi connectivity index (χ4n) is 4.55. The Hall–Kier alpha value is -2.79. The number of carbonyl (C=O) groups is 5. The summed E-state index contributed by atoms with van der Waals surface area (Å²) >= 11 is 7.00. The molecule has 3 amide bonds. The van der Waals surface area contributed by atoms with Crippen molar-refractivity contribution in [3.63, 3.8) is 0 Å². The number of carbonyl (C=O) groups excluding carboxylic acids is 5. The van der Waals surface area contributed by atoms with Gasteiger partial charge in [-0.3, -0.25) is 24.2 Å². The van der Waals surface area contributed by atoms with Crippen LogP contribution in [-0.2, 0) is 38.7 Å². The zero-order valence-corrected chi connectivity index (χ0v) is 26.0. The van der Waals surface area contributed by atoms with E-state index in [1.165, 1.54) is 6.07 Å². The number of esters is 2. The molecule has 1 aromatic heterocycles. The van der Waals surface area contributed by atoms with Crippen molar-refractivity contribution in [2.75, 3.05) is 19.4 Å². The number of hydrogen-bond acceptors (Lipinski definition) is 11. The Labute approximate surface area is 252 Å². The van der Waals surface area contributed by atoms with Gasteiger partial charge in [-0.15, -0.1) is 11.3 Å². The Balaban J connectivity index is 1.82. The molecule has 3 N–H and O–H groups in total. The first kappa shape index (κ1) is 33.7. The zero-order chi connectivity index (χ0) is 31.4. The second-order valence-corrected chi connectivity index (χ2v) is 14.1. The van der Waals surface area contributed by atoms with E-state index in [1.54, 1.807) is 26.2 Å². The number of aliphatic hydroxyl groups is 1. The molecule has 0 saturated carbocycles. The van der Waals surface area contributed by atoms with Gasteiger partial charge < -0.3 is 19.9 Å². The van der Waals surface area contributed by atoms with Crippen LogP contribution in [0.4, 0.5) is 0 Å². The minimum Gasteiger partial charge on any atom is -0.460 e. The summed E-state index contributed by atoms with van der Waals surface area (Å²) in [5, 5.41) is 17.3. The van der Waals surface area contributed by atoms with Crippen LogP contribution in [0.25, 0.3) is 0 Å². The van der Waals surface area contributed by atoms with Gasteiger partial charge in [0.2, 0.25) is 21.8 Å². The minimum atomic E-state index is -3.82. The average Bonchev–Trinajstić information content (AvgIpc) is 3.27. The Morgan fingerprint density at radius 1 is 1.24 bits per heavy atom. The number of fused-ring (bicyclic) bond motifs is 1. The van der Waals surface area contributed by atoms with Gasteiger partial charge in [-0.1, -0.05) is 11.6 Å². The molecule has 2 fully saturated rings. The molecule has 234 valence electrons. The average molecular weight is 651 g/mol. The number of nitrogens with one attached hydrogen (secondary N) is 2. The van der Waals surface area contributed by atoms with Crippen molar-refractivity contribution < 1.29 is 47.0 Å². The molecular weight excluding hydrogens is 616 g/mol. The second-order valence-electron chi connectivity index (χ2n) is 11.0. The number of thiophene rings is 1. The predicted molar refractivity (Wildman–Crippen MR) is 151 cm³/mol. The maximum Gasteiger partial charge on any atom is 0.349 e. The van der Waals surface area contributed by atoms with Crippen LogP contribution in [0.1, 0.15) is 62.5 Å². The van der Waals surface area contributed by atoms with Gasteiger partial charge in [0.1, 0.15) is 35.3 Å². The van der Waals surface area contributed by atoms with Crippen LogP contribution in [0, 0.1) is 0 Å². The largest absolute Gasteiger partial charge is 0.460 e. The van der Waals surface area contributed by atoms with Crippen LogP contribution in [-0.4, -0.2) is 102 Å². The third kappa shape index (κ3) is 9.10. The highest BCUT2D eigenvalue weighted by Gasteiger charge is 2.45. The van der Waals surface area contributed by atoms with Crippen LogP contribution < -0.4 is 10.0 Å². The third-order valence-corrected chi connectivity index (χ3v) is 8.34. The van der Waals surface area contributed by atoms with Crippen molar-refractivity contribution in [3.05, 3.63) is 21.3 Å². The molecule has 3 heterocycles. The fourth-order valence-corrected chi connectivity index (χ4v) is 6.31. The first-order valence-electron chi connectivity index (χ1n) is 13.2. The quantitative estimate of drug-likeness (QED) is 0.302. The van der Waals surface area contributed by atoms with Gasteiger partial charge >= 0.3 is 11.9 Å². The lowest BCUT2D eigenvalue weighted by molar-refractivity contribution is -0.176. The first-order chi connectivity index (χ1) is 19.5. The molecule has 42 heavy (non-hydrogen) atoms. The van der Waals surface area contributed by atoms with E-state index in [1.807, 2.05) is 0 Å². The number of rotatable bonds is 10. The molecule has 0 aliphatic carbocycles. The van der Waals surface area contributed by atoms with Crippen molar-refractivity contribution in [3.8, 4) is 0 Å². The summed E-state index contributed by atoms with van der Waals surface area (Å²) in [4.78, 5) is 65.0. The number of hydrogen-bond donors (Lipinski definition) is 3. The lowest BCUT2D eigenvalue weighted by Gasteiger charge is -2.43. The summed E-state index contributed by atoms with van der Waals surface area (Å²) in [7, 11) is -3.82. The Morgan fingerprint density at radius 2 is 1.93 bits per heavy atom. The Bertz CT molecular complexity index is 1310. The SMILES string of the molecule is CC(C)(C)OC(=O)CC(NC(=O)C1CCCN2C(=O)CCC(NS(C)(=O)=O)C(=O)N12)C(O)COC(=O)c1sccc1Cl. The van der Waals surface area contributed by atoms with Crippen LogP contribution in [0.2, 0.25) is 5.02 Å². The van der Waals surface area contributed by atoms with Gasteiger partial charge in [-0.2, -0.15) is 0 Å². The Kier molecular flexibility index (Phi) is 11.0. The van der Waals surface area contributed by atoms with Crippen molar-refractivity contribution >= 4 is 62.6 Å². The van der Waals surface area contributed by atoms with Crippen LogP contribution in [0.3, 0.4) is 0 Å². The number of aliphatic hydroxyl groups excluding tert-OH is 1. The summed E-state index contributed by atoms with van der Waals surface area (Å²) in [6, 6.07) is -2.34. The summed E-state index contributed by atoms with van der Waals surface area (Å²) in [6.07, 6.45) is -0.944. The lowest BCUT2D eigenvalue weighted by Crippen LogP contribution is -2.64. The molecule has 2 aliphatic rings. The summed E-state index contributed by atoms with van der Waals surface area (Å²) in [5.41, 5.74) is -0.872. The first-order valence-corrected chi connectivity index (χ1v) is 16.3. The topological polar surface area (TPSA) is 189 Å². The molecule has 2 aliphatic heterocycles. The standard InChI is InChI=1S/C25H35ClN4O10S2/c1-25(2,3)40-20(33)12-16(18(31)13-39-24(36)21-14(26)9-11-41-21)27-22(34)17-6-5-10-29-19(32)8-7-15(23(35)30(17)29)28-42(4,37)38/h9,11,15-18,28,31H,5-8,10,12-13H2,1-4H3,(H,27,34). The number of halogens is 1. The van der Waals surface area contributed by atoms with E-state index in [4.69, 9.17) is 21.1 Å². The molecule has 17 heteroatoms. The van der Waals surface area contributed by atoms with Crippen molar-refractivity contribution in [1.29, 1.82) is 0 Å². The highest BCUT2D eigenvalue weighted by molar-refractivity contribution is 7.88. The summed E-state index contributed by atoms with van der Waals surface area (Å²) in [5.74, 6) is -3.61. The predicted octanol–water partition coefficient (Wildman–Crippen LogP) is 0.582. The molecule has 0 spiro atoms. The molecule has 4 unspecified atom stereocenters. The van der Waals surface area contributed by atoms with Crippen LogP contribution in [0.5, 0.6) is 0 Å². The molecule has 0 radical (unpaired) electrons. The minimum absolute atomic E-state index is 0.0916. The Morgan fingerprint density at radius 3 is 2.52 bits per heavy atom. The number of hydrazine groups is 1. The lowest BCUT2D eigenvalue weighted by atomic mass is 10.0. The molecule has 4 atom stereocenters. The van der Waals surface area contributed by atoms with Gasteiger partial charge in [0.15, 0.2) is 0 Å².